The van der Waals surface area contributed by atoms with E-state index in [-0.39, 0.29) is 17.8 Å². The summed E-state index contributed by atoms with van der Waals surface area (Å²) in [5, 5.41) is 13.3. The molecule has 1 aliphatic heterocycles. The van der Waals surface area contributed by atoms with Crippen LogP contribution in [0.15, 0.2) is 16.0 Å². The van der Waals surface area contributed by atoms with Gasteiger partial charge < -0.3 is 15.8 Å². The molecule has 1 unspecified atom stereocenters. The minimum Gasteiger partial charge on any atom is -0.409 e. The molecule has 3 N–H and O–H groups in total. The molecular weight excluding hydrogens is 228 g/mol. The average molecular weight is 240 g/mol. The Hall–Kier alpha value is -1.63. The molecule has 0 spiro atoms. The van der Waals surface area contributed by atoms with Crippen LogP contribution in [0, 0.1) is 0 Å². The van der Waals surface area contributed by atoms with Crippen molar-refractivity contribution < 1.29 is 10.0 Å². The molecule has 2 rings (SSSR count). The Morgan fingerprint density at radius 2 is 2.56 bits per heavy atom. The fourth-order valence-corrected chi connectivity index (χ4v) is 2.38. The molecule has 0 aliphatic carbocycles. The fourth-order valence-electron chi connectivity index (χ4n) is 1.85. The van der Waals surface area contributed by atoms with E-state index in [1.807, 2.05) is 0 Å². The second-order valence-electron chi connectivity index (χ2n) is 3.56. The van der Waals surface area contributed by atoms with Crippen LogP contribution in [-0.2, 0) is 0 Å². The number of aromatic nitrogens is 1. The predicted octanol–water partition coefficient (Wildman–Crippen LogP) is 0.494. The second-order valence-corrected chi connectivity index (χ2v) is 4.27. The van der Waals surface area contributed by atoms with Gasteiger partial charge in [0.25, 0.3) is 5.91 Å². The molecule has 16 heavy (non-hydrogen) atoms. The van der Waals surface area contributed by atoms with Crippen LogP contribution >= 0.6 is 11.3 Å². The van der Waals surface area contributed by atoms with Gasteiger partial charge in [0.05, 0.1) is 11.6 Å². The normalized spacial score (nSPS) is 21.4. The van der Waals surface area contributed by atoms with E-state index in [1.165, 1.54) is 11.3 Å². The standard InChI is InChI=1S/C9H12N4O2S/c10-8(12-15)7-2-1-3-13(7)9(14)6-4-16-5-11-6/h4-5,7,15H,1-3H2,(H2,10,12). The van der Waals surface area contributed by atoms with Gasteiger partial charge in [-0.25, -0.2) is 4.98 Å². The number of amides is 1. The number of oxime groups is 1. The van der Waals surface area contributed by atoms with E-state index in [0.29, 0.717) is 12.2 Å². The van der Waals surface area contributed by atoms with E-state index in [4.69, 9.17) is 10.9 Å². The van der Waals surface area contributed by atoms with Crippen molar-refractivity contribution in [2.45, 2.75) is 18.9 Å². The molecule has 0 bridgehead atoms. The number of amidine groups is 1. The Kier molecular flexibility index (Phi) is 3.04. The maximum Gasteiger partial charge on any atom is 0.273 e. The van der Waals surface area contributed by atoms with E-state index in [9.17, 15) is 4.79 Å². The third-order valence-corrected chi connectivity index (χ3v) is 3.21. The van der Waals surface area contributed by atoms with Crippen molar-refractivity contribution in [2.24, 2.45) is 10.9 Å². The first-order valence-electron chi connectivity index (χ1n) is 4.90. The molecule has 1 aromatic rings. The molecular formula is C9H12N4O2S. The van der Waals surface area contributed by atoms with Crippen LogP contribution in [0.2, 0.25) is 0 Å². The number of rotatable bonds is 2. The fraction of sp³-hybridized carbons (Fsp3) is 0.444. The number of carbonyl (C=O) groups excluding carboxylic acids is 1. The summed E-state index contributed by atoms with van der Waals surface area (Å²) in [5.41, 5.74) is 7.58. The molecule has 1 atom stereocenters. The Morgan fingerprint density at radius 1 is 1.75 bits per heavy atom. The van der Waals surface area contributed by atoms with E-state index in [2.05, 4.69) is 10.1 Å². The molecule has 1 saturated heterocycles. The van der Waals surface area contributed by atoms with Gasteiger partial charge in [-0.15, -0.1) is 11.3 Å². The van der Waals surface area contributed by atoms with Gasteiger partial charge in [-0.2, -0.15) is 0 Å². The van der Waals surface area contributed by atoms with Gasteiger partial charge in [0.2, 0.25) is 0 Å². The zero-order valence-electron chi connectivity index (χ0n) is 8.54. The third-order valence-electron chi connectivity index (χ3n) is 2.62. The van der Waals surface area contributed by atoms with Crippen LogP contribution in [0.3, 0.4) is 0 Å². The Morgan fingerprint density at radius 3 is 3.19 bits per heavy atom. The molecule has 1 aliphatic rings. The first-order valence-corrected chi connectivity index (χ1v) is 5.85. The first kappa shape index (κ1) is 10.9. The third kappa shape index (κ3) is 1.85. The van der Waals surface area contributed by atoms with Crippen LogP contribution in [-0.4, -0.2) is 39.4 Å². The van der Waals surface area contributed by atoms with Crippen LogP contribution in [0.25, 0.3) is 0 Å². The molecule has 1 aromatic heterocycles. The van der Waals surface area contributed by atoms with Crippen molar-refractivity contribution in [3.63, 3.8) is 0 Å². The molecule has 2 heterocycles. The number of nitrogens with zero attached hydrogens (tertiary/aromatic N) is 3. The highest BCUT2D eigenvalue weighted by atomic mass is 32.1. The first-order chi connectivity index (χ1) is 7.74. The van der Waals surface area contributed by atoms with E-state index < -0.39 is 0 Å². The van der Waals surface area contributed by atoms with Gasteiger partial charge in [-0.1, -0.05) is 5.16 Å². The van der Waals surface area contributed by atoms with Crippen LogP contribution in [0.4, 0.5) is 0 Å². The van der Waals surface area contributed by atoms with Crippen molar-refractivity contribution in [1.29, 1.82) is 0 Å². The van der Waals surface area contributed by atoms with Crippen molar-refractivity contribution >= 4 is 23.1 Å². The number of likely N-dealkylation sites (tertiary alicyclic amines) is 1. The maximum atomic E-state index is 12.0. The SMILES string of the molecule is NC(=NO)C1CCCN1C(=O)c1cscn1. The summed E-state index contributed by atoms with van der Waals surface area (Å²) < 4.78 is 0. The lowest BCUT2D eigenvalue weighted by atomic mass is 10.2. The molecule has 0 aromatic carbocycles. The Labute approximate surface area is 96.4 Å². The van der Waals surface area contributed by atoms with E-state index in [1.54, 1.807) is 15.8 Å². The Bertz CT molecular complexity index is 404. The molecule has 6 nitrogen and oxygen atoms in total. The molecule has 1 fully saturated rings. The summed E-state index contributed by atoms with van der Waals surface area (Å²) in [6, 6.07) is -0.306. The highest BCUT2D eigenvalue weighted by Crippen LogP contribution is 2.20. The second kappa shape index (κ2) is 4.48. The summed E-state index contributed by atoms with van der Waals surface area (Å²) in [6.45, 7) is 0.622. The zero-order valence-corrected chi connectivity index (χ0v) is 9.35. The summed E-state index contributed by atoms with van der Waals surface area (Å²) in [4.78, 5) is 17.6. The summed E-state index contributed by atoms with van der Waals surface area (Å²) in [6.07, 6.45) is 1.59. The van der Waals surface area contributed by atoms with E-state index >= 15 is 0 Å². The largest absolute Gasteiger partial charge is 0.409 e. The van der Waals surface area contributed by atoms with Crippen LogP contribution in [0.1, 0.15) is 23.3 Å². The zero-order chi connectivity index (χ0) is 11.5. The lowest BCUT2D eigenvalue weighted by Crippen LogP contribution is -2.44. The van der Waals surface area contributed by atoms with Crippen molar-refractivity contribution in [1.82, 2.24) is 9.88 Å². The smallest absolute Gasteiger partial charge is 0.273 e. The number of carbonyl (C=O) groups is 1. The van der Waals surface area contributed by atoms with Crippen LogP contribution in [0.5, 0.6) is 0 Å². The van der Waals surface area contributed by atoms with Crippen molar-refractivity contribution in [3.8, 4) is 0 Å². The van der Waals surface area contributed by atoms with E-state index in [0.717, 1.165) is 12.8 Å². The molecule has 7 heteroatoms. The Balaban J connectivity index is 2.18. The minimum atomic E-state index is -0.306. The monoisotopic (exact) mass is 240 g/mol. The van der Waals surface area contributed by atoms with Gasteiger partial charge in [0.1, 0.15) is 5.69 Å². The number of hydrogen-bond acceptors (Lipinski definition) is 5. The van der Waals surface area contributed by atoms with Crippen molar-refractivity contribution in [3.05, 3.63) is 16.6 Å². The highest BCUT2D eigenvalue weighted by molar-refractivity contribution is 7.07. The lowest BCUT2D eigenvalue weighted by Gasteiger charge is -2.22. The predicted molar refractivity (Wildman–Crippen MR) is 59.6 cm³/mol. The quantitative estimate of drug-likeness (QED) is 0.340. The van der Waals surface area contributed by atoms with Crippen molar-refractivity contribution in [2.75, 3.05) is 6.54 Å². The summed E-state index contributed by atoms with van der Waals surface area (Å²) >= 11 is 1.37. The number of hydrogen-bond donors (Lipinski definition) is 2. The lowest BCUT2D eigenvalue weighted by molar-refractivity contribution is 0.0763. The van der Waals surface area contributed by atoms with Gasteiger partial charge >= 0.3 is 0 Å². The molecule has 86 valence electrons. The van der Waals surface area contributed by atoms with Gasteiger partial charge in [-0.3, -0.25) is 4.79 Å². The molecule has 0 radical (unpaired) electrons. The highest BCUT2D eigenvalue weighted by Gasteiger charge is 2.32. The maximum absolute atomic E-state index is 12.0. The number of thiazole rings is 1. The van der Waals surface area contributed by atoms with Gasteiger partial charge in [0, 0.05) is 11.9 Å². The minimum absolute atomic E-state index is 0.0843. The molecule has 0 saturated carbocycles. The molecule has 1 amide bonds. The average Bonchev–Trinajstić information content (AvgIpc) is 2.97. The van der Waals surface area contributed by atoms with Crippen LogP contribution < -0.4 is 5.73 Å². The topological polar surface area (TPSA) is 91.8 Å². The number of nitrogens with two attached hydrogens (primary N) is 1. The summed E-state index contributed by atoms with van der Waals surface area (Å²) in [7, 11) is 0. The van der Waals surface area contributed by atoms with Gasteiger partial charge in [-0.05, 0) is 12.8 Å². The van der Waals surface area contributed by atoms with Gasteiger partial charge in [0.15, 0.2) is 5.84 Å². The summed E-state index contributed by atoms with van der Waals surface area (Å²) in [5.74, 6) is -0.0728.